The summed E-state index contributed by atoms with van der Waals surface area (Å²) in [5.41, 5.74) is 12.6. The van der Waals surface area contributed by atoms with E-state index in [1.165, 1.54) is 82.4 Å². The smallest absolute Gasteiger partial charge is 0.0346 e. The molecule has 0 fully saturated rings. The van der Waals surface area contributed by atoms with E-state index in [0.717, 1.165) is 5.56 Å². The average Bonchev–Trinajstić information content (AvgIpc) is 3.07. The van der Waals surface area contributed by atoms with E-state index >= 15 is 0 Å². The highest BCUT2D eigenvalue weighted by Crippen LogP contribution is 2.46. The minimum Gasteiger partial charge on any atom is -0.264 e. The Morgan fingerprint density at radius 3 is 1.36 bits per heavy atom. The number of pyridine rings is 1. The molecule has 0 spiro atoms. The van der Waals surface area contributed by atoms with Crippen molar-refractivity contribution in [2.75, 3.05) is 0 Å². The van der Waals surface area contributed by atoms with Crippen LogP contribution in [0, 0.1) is 13.8 Å². The van der Waals surface area contributed by atoms with Crippen LogP contribution in [0.4, 0.5) is 0 Å². The lowest BCUT2D eigenvalue weighted by Crippen LogP contribution is -1.93. The van der Waals surface area contributed by atoms with Gasteiger partial charge in [0.2, 0.25) is 0 Å². The first kappa shape index (κ1) is 26.1. The Hall–Kier alpha value is -5.53. The normalized spacial score (nSPS) is 11.4. The predicted molar refractivity (Wildman–Crippen MR) is 188 cm³/mol. The van der Waals surface area contributed by atoms with Gasteiger partial charge >= 0.3 is 0 Å². The van der Waals surface area contributed by atoms with Crippen LogP contribution in [0.2, 0.25) is 0 Å². The van der Waals surface area contributed by atoms with Crippen LogP contribution >= 0.6 is 0 Å². The molecule has 0 saturated carbocycles. The second-order valence-corrected chi connectivity index (χ2v) is 11.6. The Bertz CT molecular complexity index is 2250. The molecule has 0 amide bonds. The Morgan fingerprint density at radius 1 is 0.341 bits per heavy atom. The van der Waals surface area contributed by atoms with Crippen molar-refractivity contribution in [3.05, 3.63) is 163 Å². The molecule has 208 valence electrons. The van der Waals surface area contributed by atoms with E-state index in [9.17, 15) is 0 Å². The lowest BCUT2D eigenvalue weighted by molar-refractivity contribution is 1.33. The van der Waals surface area contributed by atoms with E-state index in [-0.39, 0.29) is 0 Å². The number of aromatic nitrogens is 1. The van der Waals surface area contributed by atoms with Gasteiger partial charge in [0.25, 0.3) is 0 Å². The first-order valence-corrected chi connectivity index (χ1v) is 15.2. The number of hydrogen-bond donors (Lipinski definition) is 0. The molecule has 0 N–H and O–H groups in total. The predicted octanol–water partition coefficient (Wildman–Crippen LogP) is 11.8. The highest BCUT2D eigenvalue weighted by molar-refractivity contribution is 6.24. The third-order valence-electron chi connectivity index (χ3n) is 9.04. The monoisotopic (exact) mass is 561 g/mol. The zero-order valence-electron chi connectivity index (χ0n) is 24.9. The van der Waals surface area contributed by atoms with Crippen LogP contribution in [-0.4, -0.2) is 4.98 Å². The van der Waals surface area contributed by atoms with E-state index < -0.39 is 0 Å². The van der Waals surface area contributed by atoms with Gasteiger partial charge in [-0.15, -0.1) is 0 Å². The largest absolute Gasteiger partial charge is 0.264 e. The van der Waals surface area contributed by atoms with Gasteiger partial charge in [-0.3, -0.25) is 4.98 Å². The first-order chi connectivity index (χ1) is 21.7. The minimum atomic E-state index is 1.13. The molecule has 8 rings (SSSR count). The SMILES string of the molecule is Cc1cccc(C)c1-c1cccc2c(-c3c4ccccc4c(-c4ccc(-c5cccnc5)cc4)c4ccccc34)cccc12. The molecule has 7 aromatic carbocycles. The third kappa shape index (κ3) is 4.20. The molecule has 0 bridgehead atoms. The molecule has 8 aromatic rings. The molecule has 1 heterocycles. The van der Waals surface area contributed by atoms with Crippen molar-refractivity contribution >= 4 is 32.3 Å². The molecule has 0 radical (unpaired) electrons. The molecule has 1 aromatic heterocycles. The molecule has 1 nitrogen and oxygen atoms in total. The quantitative estimate of drug-likeness (QED) is 0.195. The Balaban J connectivity index is 1.41. The number of rotatable bonds is 4. The van der Waals surface area contributed by atoms with Gasteiger partial charge in [-0.05, 0) is 108 Å². The van der Waals surface area contributed by atoms with Crippen LogP contribution in [-0.2, 0) is 0 Å². The fourth-order valence-electron chi connectivity index (χ4n) is 7.08. The Morgan fingerprint density at radius 2 is 0.818 bits per heavy atom. The van der Waals surface area contributed by atoms with Crippen molar-refractivity contribution in [2.24, 2.45) is 0 Å². The van der Waals surface area contributed by atoms with E-state index in [0.29, 0.717) is 0 Å². The van der Waals surface area contributed by atoms with Gasteiger partial charge in [0.15, 0.2) is 0 Å². The van der Waals surface area contributed by atoms with E-state index in [1.807, 2.05) is 18.5 Å². The van der Waals surface area contributed by atoms with Crippen molar-refractivity contribution in [3.8, 4) is 44.5 Å². The molecule has 1 heteroatoms. The van der Waals surface area contributed by atoms with Gasteiger partial charge in [-0.25, -0.2) is 0 Å². The summed E-state index contributed by atoms with van der Waals surface area (Å²) in [6, 6.07) is 51.0. The summed E-state index contributed by atoms with van der Waals surface area (Å²) in [6.07, 6.45) is 3.74. The van der Waals surface area contributed by atoms with Crippen molar-refractivity contribution in [1.29, 1.82) is 0 Å². The van der Waals surface area contributed by atoms with Crippen LogP contribution in [0.1, 0.15) is 11.1 Å². The number of fused-ring (bicyclic) bond motifs is 3. The summed E-state index contributed by atoms with van der Waals surface area (Å²) in [6.45, 7) is 4.43. The van der Waals surface area contributed by atoms with Crippen LogP contribution in [0.15, 0.2) is 152 Å². The number of hydrogen-bond acceptors (Lipinski definition) is 1. The van der Waals surface area contributed by atoms with Crippen molar-refractivity contribution in [1.82, 2.24) is 4.98 Å². The van der Waals surface area contributed by atoms with Crippen molar-refractivity contribution in [3.63, 3.8) is 0 Å². The molecular formula is C43H31N. The fourth-order valence-corrected chi connectivity index (χ4v) is 7.08. The fraction of sp³-hybridized carbons (Fsp3) is 0.0465. The van der Waals surface area contributed by atoms with E-state index in [4.69, 9.17) is 0 Å². The minimum absolute atomic E-state index is 1.13. The van der Waals surface area contributed by atoms with Gasteiger partial charge < -0.3 is 0 Å². The second-order valence-electron chi connectivity index (χ2n) is 11.6. The lowest BCUT2D eigenvalue weighted by Gasteiger charge is -2.20. The summed E-state index contributed by atoms with van der Waals surface area (Å²) in [5.74, 6) is 0. The maximum Gasteiger partial charge on any atom is 0.0346 e. The summed E-state index contributed by atoms with van der Waals surface area (Å²) >= 11 is 0. The molecule has 0 aliphatic heterocycles. The third-order valence-corrected chi connectivity index (χ3v) is 9.04. The van der Waals surface area contributed by atoms with Crippen molar-refractivity contribution < 1.29 is 0 Å². The van der Waals surface area contributed by atoms with Crippen LogP contribution in [0.25, 0.3) is 76.8 Å². The van der Waals surface area contributed by atoms with Crippen LogP contribution in [0.5, 0.6) is 0 Å². The zero-order chi connectivity index (χ0) is 29.6. The molecule has 0 unspecified atom stereocenters. The molecule has 0 aliphatic rings. The molecular weight excluding hydrogens is 530 g/mol. The van der Waals surface area contributed by atoms with Crippen LogP contribution in [0.3, 0.4) is 0 Å². The van der Waals surface area contributed by atoms with E-state index in [2.05, 4.69) is 152 Å². The number of aryl methyl sites for hydroxylation is 2. The maximum atomic E-state index is 4.31. The lowest BCUT2D eigenvalue weighted by atomic mass is 9.83. The molecule has 44 heavy (non-hydrogen) atoms. The topological polar surface area (TPSA) is 12.9 Å². The highest BCUT2D eigenvalue weighted by Gasteiger charge is 2.19. The molecule has 0 saturated heterocycles. The maximum absolute atomic E-state index is 4.31. The van der Waals surface area contributed by atoms with Crippen molar-refractivity contribution in [2.45, 2.75) is 13.8 Å². The van der Waals surface area contributed by atoms with Gasteiger partial charge in [0, 0.05) is 12.4 Å². The van der Waals surface area contributed by atoms with Gasteiger partial charge in [-0.2, -0.15) is 0 Å². The standard InChI is InChI=1S/C43H31N/c1-28-11-7-12-29(2)41(28)35-20-8-19-34-33(35)18-9-21-36(34)43-39-16-5-3-14-37(39)42(38-15-4-6-17-40(38)43)31-24-22-30(23-25-31)32-13-10-26-44-27-32/h3-27H,1-2H3. The van der Waals surface area contributed by atoms with Crippen LogP contribution < -0.4 is 0 Å². The first-order valence-electron chi connectivity index (χ1n) is 15.2. The Labute approximate surface area is 258 Å². The summed E-state index contributed by atoms with van der Waals surface area (Å²) in [5, 5.41) is 7.61. The summed E-state index contributed by atoms with van der Waals surface area (Å²) in [7, 11) is 0. The molecule has 0 aliphatic carbocycles. The summed E-state index contributed by atoms with van der Waals surface area (Å²) in [4.78, 5) is 4.31. The molecule has 0 atom stereocenters. The van der Waals surface area contributed by atoms with Gasteiger partial charge in [-0.1, -0.05) is 133 Å². The Kier molecular flexibility index (Phi) is 6.31. The van der Waals surface area contributed by atoms with E-state index in [1.54, 1.807) is 0 Å². The highest BCUT2D eigenvalue weighted by atomic mass is 14.6. The second kappa shape index (κ2) is 10.6. The number of benzene rings is 7. The van der Waals surface area contributed by atoms with Gasteiger partial charge in [0.05, 0.1) is 0 Å². The number of nitrogens with zero attached hydrogens (tertiary/aromatic N) is 1. The summed E-state index contributed by atoms with van der Waals surface area (Å²) < 4.78 is 0. The average molecular weight is 562 g/mol. The van der Waals surface area contributed by atoms with Gasteiger partial charge in [0.1, 0.15) is 0 Å². The zero-order valence-corrected chi connectivity index (χ0v) is 24.9.